The van der Waals surface area contributed by atoms with Crippen LogP contribution in [0.4, 0.5) is 11.4 Å². The summed E-state index contributed by atoms with van der Waals surface area (Å²) < 4.78 is 0.690. The van der Waals surface area contributed by atoms with Gasteiger partial charge in [0.1, 0.15) is 6.04 Å². The summed E-state index contributed by atoms with van der Waals surface area (Å²) in [6, 6.07) is 11.8. The molecule has 0 saturated carbocycles. The molecule has 1 unspecified atom stereocenters. The first kappa shape index (κ1) is 21.0. The van der Waals surface area contributed by atoms with Crippen LogP contribution in [0.5, 0.6) is 0 Å². The monoisotopic (exact) mass is 530 g/mol. The van der Waals surface area contributed by atoms with Crippen molar-refractivity contribution in [2.24, 2.45) is 0 Å². The van der Waals surface area contributed by atoms with E-state index in [9.17, 15) is 14.7 Å². The second kappa shape index (κ2) is 9.15. The molecule has 1 aliphatic rings. The Kier molecular flexibility index (Phi) is 6.85. The van der Waals surface area contributed by atoms with Crippen LogP contribution in [0.3, 0.4) is 0 Å². The largest absolute Gasteiger partial charge is 0.480 e. The van der Waals surface area contributed by atoms with Gasteiger partial charge in [-0.25, -0.2) is 4.79 Å². The van der Waals surface area contributed by atoms with Gasteiger partial charge in [0.15, 0.2) is 0 Å². The zero-order valence-electron chi connectivity index (χ0n) is 14.7. The second-order valence-electron chi connectivity index (χ2n) is 6.29. The number of para-hydroxylation sites is 1. The van der Waals surface area contributed by atoms with Crippen LogP contribution >= 0.6 is 45.8 Å². The van der Waals surface area contributed by atoms with Crippen molar-refractivity contribution in [1.29, 1.82) is 0 Å². The van der Waals surface area contributed by atoms with Crippen molar-refractivity contribution >= 4 is 69.0 Å². The lowest BCUT2D eigenvalue weighted by molar-refractivity contribution is -0.137. The zero-order valence-corrected chi connectivity index (χ0v) is 18.3. The number of rotatable bonds is 6. The van der Waals surface area contributed by atoms with E-state index in [1.54, 1.807) is 23.1 Å². The van der Waals surface area contributed by atoms with Gasteiger partial charge >= 0.3 is 5.97 Å². The SMILES string of the molecule is O=C(O)C(C/C=C1/CCN(c2ccccc2)C1=O)Nc1cc(Cl)cc(Cl)c1I. The van der Waals surface area contributed by atoms with Crippen LogP contribution < -0.4 is 10.2 Å². The average Bonchev–Trinajstić information content (AvgIpc) is 3.03. The highest BCUT2D eigenvalue weighted by molar-refractivity contribution is 14.1. The molecule has 8 heteroatoms. The molecule has 1 heterocycles. The average molecular weight is 531 g/mol. The molecule has 2 aromatic carbocycles. The zero-order chi connectivity index (χ0) is 20.3. The molecule has 2 aromatic rings. The van der Waals surface area contributed by atoms with E-state index < -0.39 is 12.0 Å². The first-order valence-electron chi connectivity index (χ1n) is 8.56. The molecule has 1 fully saturated rings. The molecular weight excluding hydrogens is 514 g/mol. The summed E-state index contributed by atoms with van der Waals surface area (Å²) in [5.41, 5.74) is 2.01. The molecule has 2 N–H and O–H groups in total. The Morgan fingerprint density at radius 1 is 1.29 bits per heavy atom. The van der Waals surface area contributed by atoms with Crippen LogP contribution in [0.15, 0.2) is 54.1 Å². The number of carbonyl (C=O) groups is 2. The summed E-state index contributed by atoms with van der Waals surface area (Å²) >= 11 is 14.2. The first-order valence-corrected chi connectivity index (χ1v) is 10.4. The van der Waals surface area contributed by atoms with Gasteiger partial charge in [-0.05, 0) is 59.7 Å². The lowest BCUT2D eigenvalue weighted by Crippen LogP contribution is -2.29. The number of benzene rings is 2. The van der Waals surface area contributed by atoms with E-state index in [0.717, 1.165) is 5.69 Å². The van der Waals surface area contributed by atoms with E-state index in [0.29, 0.717) is 37.8 Å². The van der Waals surface area contributed by atoms with Gasteiger partial charge in [0.25, 0.3) is 5.91 Å². The number of halogens is 3. The number of anilines is 2. The Bertz CT molecular complexity index is 935. The van der Waals surface area contributed by atoms with Crippen LogP contribution in [0.1, 0.15) is 12.8 Å². The maximum atomic E-state index is 12.6. The molecule has 0 aliphatic carbocycles. The molecule has 1 amide bonds. The van der Waals surface area contributed by atoms with Gasteiger partial charge in [-0.2, -0.15) is 0 Å². The third-order valence-electron chi connectivity index (χ3n) is 4.41. The minimum absolute atomic E-state index is 0.0873. The summed E-state index contributed by atoms with van der Waals surface area (Å²) in [5, 5.41) is 13.4. The molecule has 5 nitrogen and oxygen atoms in total. The lowest BCUT2D eigenvalue weighted by Gasteiger charge is -2.17. The molecule has 3 rings (SSSR count). The molecule has 1 atom stereocenters. The van der Waals surface area contributed by atoms with E-state index in [2.05, 4.69) is 5.32 Å². The number of carbonyl (C=O) groups excluding carboxylic acids is 1. The fraction of sp³-hybridized carbons (Fsp3) is 0.200. The van der Waals surface area contributed by atoms with E-state index in [1.165, 1.54) is 0 Å². The van der Waals surface area contributed by atoms with Crippen molar-refractivity contribution in [2.45, 2.75) is 18.9 Å². The number of nitrogens with zero attached hydrogens (tertiary/aromatic N) is 1. The Morgan fingerprint density at radius 3 is 2.68 bits per heavy atom. The molecule has 1 aliphatic heterocycles. The smallest absolute Gasteiger partial charge is 0.326 e. The Balaban J connectivity index is 1.74. The highest BCUT2D eigenvalue weighted by atomic mass is 127. The van der Waals surface area contributed by atoms with E-state index in [1.807, 2.05) is 52.9 Å². The lowest BCUT2D eigenvalue weighted by atomic mass is 10.1. The first-order chi connectivity index (χ1) is 13.4. The Hall–Kier alpha value is -1.77. The van der Waals surface area contributed by atoms with Crippen LogP contribution in [0.25, 0.3) is 0 Å². The molecule has 0 aromatic heterocycles. The van der Waals surface area contributed by atoms with Crippen molar-refractivity contribution in [2.75, 3.05) is 16.8 Å². The Morgan fingerprint density at radius 2 is 2.00 bits per heavy atom. The van der Waals surface area contributed by atoms with E-state index in [4.69, 9.17) is 23.2 Å². The number of carboxylic acid groups (broad SMARTS) is 1. The van der Waals surface area contributed by atoms with Crippen molar-refractivity contribution in [3.05, 3.63) is 67.7 Å². The number of carboxylic acids is 1. The molecule has 1 saturated heterocycles. The maximum Gasteiger partial charge on any atom is 0.326 e. The standard InChI is InChI=1S/C20H17Cl2IN2O3/c21-13-10-15(22)18(23)17(11-13)24-16(20(27)28)7-6-12-8-9-25(19(12)26)14-4-2-1-3-5-14/h1-6,10-11,16,24H,7-9H2,(H,27,28)/b12-6-. The fourth-order valence-electron chi connectivity index (χ4n) is 2.99. The van der Waals surface area contributed by atoms with Gasteiger partial charge in [0.05, 0.1) is 14.3 Å². The fourth-order valence-corrected chi connectivity index (χ4v) is 3.95. The normalized spacial score (nSPS) is 16.5. The number of hydrogen-bond acceptors (Lipinski definition) is 3. The quantitative estimate of drug-likeness (QED) is 0.305. The summed E-state index contributed by atoms with van der Waals surface area (Å²) in [5.74, 6) is -1.11. The molecule has 0 spiro atoms. The van der Waals surface area contributed by atoms with E-state index >= 15 is 0 Å². The van der Waals surface area contributed by atoms with Gasteiger partial charge in [-0.3, -0.25) is 4.79 Å². The van der Waals surface area contributed by atoms with Crippen molar-refractivity contribution in [1.82, 2.24) is 0 Å². The number of nitrogens with one attached hydrogen (secondary N) is 1. The molecule has 146 valence electrons. The topological polar surface area (TPSA) is 69.6 Å². The molecule has 0 radical (unpaired) electrons. The van der Waals surface area contributed by atoms with Gasteiger partial charge in [-0.1, -0.05) is 47.5 Å². The highest BCUT2D eigenvalue weighted by Crippen LogP contribution is 2.31. The summed E-state index contributed by atoms with van der Waals surface area (Å²) in [6.07, 6.45) is 2.45. The Labute approximate surface area is 186 Å². The van der Waals surface area contributed by atoms with Crippen LogP contribution in [0, 0.1) is 3.57 Å². The van der Waals surface area contributed by atoms with Gasteiger partial charge in [-0.15, -0.1) is 0 Å². The minimum atomic E-state index is -1.02. The van der Waals surface area contributed by atoms with Gasteiger partial charge in [0, 0.05) is 22.8 Å². The van der Waals surface area contributed by atoms with Crippen molar-refractivity contribution < 1.29 is 14.7 Å². The second-order valence-corrected chi connectivity index (χ2v) is 8.21. The number of hydrogen-bond donors (Lipinski definition) is 2. The van der Waals surface area contributed by atoms with E-state index in [-0.39, 0.29) is 12.3 Å². The minimum Gasteiger partial charge on any atom is -0.480 e. The number of aliphatic carboxylic acids is 1. The van der Waals surface area contributed by atoms with Crippen molar-refractivity contribution in [3.63, 3.8) is 0 Å². The summed E-state index contributed by atoms with van der Waals surface area (Å²) in [6.45, 7) is 0.585. The summed E-state index contributed by atoms with van der Waals surface area (Å²) in [7, 11) is 0. The summed E-state index contributed by atoms with van der Waals surface area (Å²) in [4.78, 5) is 26.0. The highest BCUT2D eigenvalue weighted by Gasteiger charge is 2.27. The maximum absolute atomic E-state index is 12.6. The third kappa shape index (κ3) is 4.79. The predicted octanol–water partition coefficient (Wildman–Crippen LogP) is 5.22. The number of amides is 1. The van der Waals surface area contributed by atoms with Crippen molar-refractivity contribution in [3.8, 4) is 0 Å². The van der Waals surface area contributed by atoms with Gasteiger partial charge < -0.3 is 15.3 Å². The molecule has 28 heavy (non-hydrogen) atoms. The van der Waals surface area contributed by atoms with Crippen LogP contribution in [-0.2, 0) is 9.59 Å². The van der Waals surface area contributed by atoms with Crippen LogP contribution in [0.2, 0.25) is 10.0 Å². The molecular formula is C20H17Cl2IN2O3. The van der Waals surface area contributed by atoms with Gasteiger partial charge in [0.2, 0.25) is 0 Å². The van der Waals surface area contributed by atoms with Crippen LogP contribution in [-0.4, -0.2) is 29.6 Å². The third-order valence-corrected chi connectivity index (χ3v) is 6.41. The predicted molar refractivity (Wildman–Crippen MR) is 120 cm³/mol. The molecule has 0 bridgehead atoms.